The number of para-hydroxylation sites is 1. The molecule has 20 heavy (non-hydrogen) atoms. The molecule has 1 aromatic heterocycles. The lowest BCUT2D eigenvalue weighted by molar-refractivity contribution is 1.09. The molecule has 0 atom stereocenters. The second-order valence-corrected chi connectivity index (χ2v) is 4.21. The Bertz CT molecular complexity index is 648. The van der Waals surface area contributed by atoms with Gasteiger partial charge in [0.05, 0.1) is 5.69 Å². The normalized spacial score (nSPS) is 10.7. The molecule has 4 N–H and O–H groups in total. The summed E-state index contributed by atoms with van der Waals surface area (Å²) >= 11 is 0. The van der Waals surface area contributed by atoms with E-state index in [9.17, 15) is 0 Å². The molecular weight excluding hydrogens is 250 g/mol. The molecule has 2 rings (SSSR count). The lowest BCUT2D eigenvalue weighted by Gasteiger charge is -2.23. The van der Waals surface area contributed by atoms with Crippen LogP contribution >= 0.6 is 0 Å². The van der Waals surface area contributed by atoms with Crippen LogP contribution in [0.3, 0.4) is 0 Å². The molecule has 0 aliphatic carbocycles. The predicted molar refractivity (Wildman–Crippen MR) is 83.2 cm³/mol. The van der Waals surface area contributed by atoms with E-state index in [4.69, 9.17) is 11.5 Å². The molecule has 0 saturated heterocycles. The molecule has 0 spiro atoms. The summed E-state index contributed by atoms with van der Waals surface area (Å²) in [5.74, 6) is 0.908. The van der Waals surface area contributed by atoms with E-state index in [0.29, 0.717) is 5.82 Å². The van der Waals surface area contributed by atoms with E-state index in [1.165, 1.54) is 6.20 Å². The van der Waals surface area contributed by atoms with Gasteiger partial charge in [0, 0.05) is 24.2 Å². The van der Waals surface area contributed by atoms with E-state index >= 15 is 0 Å². The fraction of sp³-hybridized carbons (Fsp3) is 0.0667. The number of hydrogen-bond donors (Lipinski definition) is 2. The number of aryl methyl sites for hydroxylation is 1. The Kier molecular flexibility index (Phi) is 4.00. The molecule has 0 bridgehead atoms. The third-order valence-electron chi connectivity index (χ3n) is 2.84. The standard InChI is InChI=1S/C15H17N5/c1-3-12-6-4-5-7-13(12)20(9-8-16)14-11(2)10-18-15(17)19-14/h3-10H,1,16H2,2H3,(H2,17,18,19)/b9-8+. The largest absolute Gasteiger partial charge is 0.403 e. The molecule has 0 amide bonds. The van der Waals surface area contributed by atoms with Crippen molar-refractivity contribution >= 4 is 23.5 Å². The highest BCUT2D eigenvalue weighted by atomic mass is 15.2. The Balaban J connectivity index is 2.62. The van der Waals surface area contributed by atoms with Crippen LogP contribution in [0.2, 0.25) is 0 Å². The topological polar surface area (TPSA) is 81.1 Å². The number of rotatable bonds is 4. The third kappa shape index (κ3) is 2.61. The second kappa shape index (κ2) is 5.88. The Hall–Kier alpha value is -2.82. The molecule has 0 aliphatic rings. The fourth-order valence-corrected chi connectivity index (χ4v) is 1.92. The molecule has 0 saturated carbocycles. The van der Waals surface area contributed by atoms with Crippen molar-refractivity contribution in [2.75, 3.05) is 10.6 Å². The lowest BCUT2D eigenvalue weighted by Crippen LogP contribution is -2.15. The first-order valence-electron chi connectivity index (χ1n) is 6.15. The molecule has 5 nitrogen and oxygen atoms in total. The lowest BCUT2D eigenvalue weighted by atomic mass is 10.1. The minimum atomic E-state index is 0.220. The maximum Gasteiger partial charge on any atom is 0.221 e. The summed E-state index contributed by atoms with van der Waals surface area (Å²) in [6.45, 7) is 5.75. The van der Waals surface area contributed by atoms with E-state index in [1.54, 1.807) is 18.5 Å². The summed E-state index contributed by atoms with van der Waals surface area (Å²) in [5.41, 5.74) is 14.0. The van der Waals surface area contributed by atoms with E-state index in [0.717, 1.165) is 16.8 Å². The van der Waals surface area contributed by atoms with Crippen LogP contribution in [-0.4, -0.2) is 9.97 Å². The van der Waals surface area contributed by atoms with Gasteiger partial charge in [-0.25, -0.2) is 4.98 Å². The zero-order chi connectivity index (χ0) is 14.5. The van der Waals surface area contributed by atoms with Crippen LogP contribution in [0.4, 0.5) is 17.5 Å². The zero-order valence-corrected chi connectivity index (χ0v) is 11.3. The van der Waals surface area contributed by atoms with Crippen molar-refractivity contribution in [1.29, 1.82) is 0 Å². The zero-order valence-electron chi connectivity index (χ0n) is 11.3. The minimum absolute atomic E-state index is 0.220. The Labute approximate surface area is 118 Å². The number of hydrogen-bond acceptors (Lipinski definition) is 5. The van der Waals surface area contributed by atoms with Gasteiger partial charge in [-0.3, -0.25) is 4.90 Å². The van der Waals surface area contributed by atoms with Crippen molar-refractivity contribution in [1.82, 2.24) is 9.97 Å². The Morgan fingerprint density at radius 1 is 1.30 bits per heavy atom. The van der Waals surface area contributed by atoms with E-state index in [2.05, 4.69) is 16.5 Å². The number of aromatic nitrogens is 2. The Morgan fingerprint density at radius 3 is 2.75 bits per heavy atom. The van der Waals surface area contributed by atoms with E-state index in [-0.39, 0.29) is 5.95 Å². The third-order valence-corrected chi connectivity index (χ3v) is 2.84. The summed E-state index contributed by atoms with van der Waals surface area (Å²) < 4.78 is 0. The fourth-order valence-electron chi connectivity index (χ4n) is 1.92. The molecule has 0 aliphatic heterocycles. The number of nitrogens with zero attached hydrogens (tertiary/aromatic N) is 3. The summed E-state index contributed by atoms with van der Waals surface area (Å²) in [4.78, 5) is 10.1. The van der Waals surface area contributed by atoms with Gasteiger partial charge in [0.2, 0.25) is 5.95 Å². The van der Waals surface area contributed by atoms with Gasteiger partial charge < -0.3 is 11.5 Å². The first-order chi connectivity index (χ1) is 9.67. The summed E-state index contributed by atoms with van der Waals surface area (Å²) in [5, 5.41) is 0. The van der Waals surface area contributed by atoms with Crippen molar-refractivity contribution in [2.45, 2.75) is 6.92 Å². The van der Waals surface area contributed by atoms with Gasteiger partial charge in [-0.2, -0.15) is 4.98 Å². The first-order valence-corrected chi connectivity index (χ1v) is 6.15. The SMILES string of the molecule is C=Cc1ccccc1N(/C=C/N)c1nc(N)ncc1C. The van der Waals surface area contributed by atoms with E-state index in [1.807, 2.05) is 36.1 Å². The van der Waals surface area contributed by atoms with Crippen LogP contribution in [0, 0.1) is 6.92 Å². The quantitative estimate of drug-likeness (QED) is 0.889. The van der Waals surface area contributed by atoms with Crippen molar-refractivity contribution < 1.29 is 0 Å². The number of nitrogens with two attached hydrogens (primary N) is 2. The van der Waals surface area contributed by atoms with Crippen molar-refractivity contribution in [2.24, 2.45) is 5.73 Å². The van der Waals surface area contributed by atoms with Crippen LogP contribution in [0.1, 0.15) is 11.1 Å². The highest BCUT2D eigenvalue weighted by molar-refractivity contribution is 5.75. The van der Waals surface area contributed by atoms with Crippen LogP contribution in [0.5, 0.6) is 0 Å². The molecule has 1 heterocycles. The molecule has 0 fully saturated rings. The number of nitrogen functional groups attached to an aromatic ring is 1. The van der Waals surface area contributed by atoms with Crippen molar-refractivity contribution in [3.8, 4) is 0 Å². The highest BCUT2D eigenvalue weighted by Crippen LogP contribution is 2.30. The summed E-state index contributed by atoms with van der Waals surface area (Å²) in [7, 11) is 0. The molecule has 0 radical (unpaired) electrons. The van der Waals surface area contributed by atoms with Gasteiger partial charge in [0.1, 0.15) is 5.82 Å². The Morgan fingerprint density at radius 2 is 2.05 bits per heavy atom. The number of anilines is 3. The monoisotopic (exact) mass is 267 g/mol. The average molecular weight is 267 g/mol. The second-order valence-electron chi connectivity index (χ2n) is 4.21. The van der Waals surface area contributed by atoms with Gasteiger partial charge in [0.25, 0.3) is 0 Å². The average Bonchev–Trinajstić information content (AvgIpc) is 2.47. The van der Waals surface area contributed by atoms with Gasteiger partial charge in [-0.1, -0.05) is 30.9 Å². The van der Waals surface area contributed by atoms with Crippen LogP contribution in [-0.2, 0) is 0 Å². The van der Waals surface area contributed by atoms with Gasteiger partial charge in [-0.15, -0.1) is 0 Å². The van der Waals surface area contributed by atoms with Crippen LogP contribution in [0.15, 0.2) is 49.4 Å². The van der Waals surface area contributed by atoms with Crippen molar-refractivity contribution in [3.05, 3.63) is 60.6 Å². The molecule has 0 unspecified atom stereocenters. The smallest absolute Gasteiger partial charge is 0.221 e. The molecular formula is C15H17N5. The minimum Gasteiger partial charge on any atom is -0.403 e. The van der Waals surface area contributed by atoms with Crippen molar-refractivity contribution in [3.63, 3.8) is 0 Å². The first kappa shape index (κ1) is 13.6. The molecule has 1 aromatic carbocycles. The van der Waals surface area contributed by atoms with Crippen LogP contribution < -0.4 is 16.4 Å². The maximum atomic E-state index is 5.69. The summed E-state index contributed by atoms with van der Waals surface area (Å²) in [6, 6.07) is 7.83. The number of benzene rings is 1. The predicted octanol–water partition coefficient (Wildman–Crippen LogP) is 2.58. The maximum absolute atomic E-state index is 5.69. The molecule has 102 valence electrons. The highest BCUT2D eigenvalue weighted by Gasteiger charge is 2.14. The van der Waals surface area contributed by atoms with Gasteiger partial charge in [-0.05, 0) is 18.6 Å². The van der Waals surface area contributed by atoms with Gasteiger partial charge in [0.15, 0.2) is 0 Å². The molecule has 5 heteroatoms. The molecule has 2 aromatic rings. The van der Waals surface area contributed by atoms with E-state index < -0.39 is 0 Å². The van der Waals surface area contributed by atoms with Gasteiger partial charge >= 0.3 is 0 Å². The summed E-state index contributed by atoms with van der Waals surface area (Å²) in [6.07, 6.45) is 6.66. The van der Waals surface area contributed by atoms with Crippen LogP contribution in [0.25, 0.3) is 6.08 Å².